The van der Waals surface area contributed by atoms with Crippen LogP contribution in [0.4, 0.5) is 13.2 Å². The zero-order chi connectivity index (χ0) is 14.4. The van der Waals surface area contributed by atoms with Crippen molar-refractivity contribution in [3.63, 3.8) is 0 Å². The molecular weight excluding hydrogens is 259 g/mol. The Balaban J connectivity index is 2.16. The predicted octanol–water partition coefficient (Wildman–Crippen LogP) is 2.49. The lowest BCUT2D eigenvalue weighted by Crippen LogP contribution is -2.51. The Hall–Kier alpha value is -0.330. The number of hydrogen-bond donors (Lipinski definition) is 2. The Bertz CT molecular complexity index is 261. The normalized spacial score (nSPS) is 28.6. The maximum absolute atomic E-state index is 11.8. The van der Waals surface area contributed by atoms with Crippen molar-refractivity contribution in [2.45, 2.75) is 50.7 Å². The van der Waals surface area contributed by atoms with Crippen LogP contribution < -0.4 is 5.32 Å². The summed E-state index contributed by atoms with van der Waals surface area (Å²) in [6, 6.07) is 0. The minimum Gasteiger partial charge on any atom is -0.394 e. The van der Waals surface area contributed by atoms with Gasteiger partial charge in [0.1, 0.15) is 6.61 Å². The van der Waals surface area contributed by atoms with Crippen LogP contribution in [0.25, 0.3) is 0 Å². The average molecular weight is 283 g/mol. The molecule has 0 aliphatic heterocycles. The number of aliphatic hydroxyl groups excluding tert-OH is 1. The second kappa shape index (κ2) is 7.45. The molecule has 1 saturated carbocycles. The van der Waals surface area contributed by atoms with Crippen LogP contribution in [0.5, 0.6) is 0 Å². The number of rotatable bonds is 7. The molecule has 19 heavy (non-hydrogen) atoms. The second-order valence-electron chi connectivity index (χ2n) is 5.59. The van der Waals surface area contributed by atoms with E-state index in [9.17, 15) is 18.3 Å². The van der Waals surface area contributed by atoms with Crippen LogP contribution in [0.1, 0.15) is 39.0 Å². The van der Waals surface area contributed by atoms with Gasteiger partial charge in [0.25, 0.3) is 0 Å². The molecule has 1 aliphatic carbocycles. The third-order valence-electron chi connectivity index (χ3n) is 3.63. The SMILES string of the molecule is CC1CCCC(CO)(NCCCOCC(F)(F)F)C1. The van der Waals surface area contributed by atoms with Crippen molar-refractivity contribution in [2.24, 2.45) is 5.92 Å². The summed E-state index contributed by atoms with van der Waals surface area (Å²) in [7, 11) is 0. The van der Waals surface area contributed by atoms with E-state index >= 15 is 0 Å². The summed E-state index contributed by atoms with van der Waals surface area (Å²) < 4.78 is 40.1. The molecule has 0 saturated heterocycles. The molecule has 0 heterocycles. The molecule has 0 bridgehead atoms. The van der Waals surface area contributed by atoms with Gasteiger partial charge < -0.3 is 15.2 Å². The zero-order valence-electron chi connectivity index (χ0n) is 11.4. The van der Waals surface area contributed by atoms with Gasteiger partial charge in [0.15, 0.2) is 0 Å². The Morgan fingerprint density at radius 2 is 2.16 bits per heavy atom. The fraction of sp³-hybridized carbons (Fsp3) is 1.00. The molecule has 2 atom stereocenters. The smallest absolute Gasteiger partial charge is 0.394 e. The Kier molecular flexibility index (Phi) is 6.56. The fourth-order valence-electron chi connectivity index (χ4n) is 2.74. The molecule has 0 aromatic carbocycles. The van der Waals surface area contributed by atoms with Gasteiger partial charge in [-0.25, -0.2) is 0 Å². The number of alkyl halides is 3. The summed E-state index contributed by atoms with van der Waals surface area (Å²) in [5.74, 6) is 0.579. The standard InChI is InChI=1S/C13H24F3NO2/c1-11-4-2-5-12(8-11,9-18)17-6-3-7-19-10-13(14,15)16/h11,17-18H,2-10H2,1H3. The van der Waals surface area contributed by atoms with Crippen LogP contribution in [-0.4, -0.2) is 43.2 Å². The topological polar surface area (TPSA) is 41.5 Å². The molecule has 0 aromatic heterocycles. The first-order valence-corrected chi connectivity index (χ1v) is 6.87. The van der Waals surface area contributed by atoms with Gasteiger partial charge in [0, 0.05) is 12.1 Å². The van der Waals surface area contributed by atoms with Crippen molar-refractivity contribution in [2.75, 3.05) is 26.4 Å². The summed E-state index contributed by atoms with van der Waals surface area (Å²) in [6.07, 6.45) is 0.381. The number of halogens is 3. The summed E-state index contributed by atoms with van der Waals surface area (Å²) >= 11 is 0. The molecule has 114 valence electrons. The van der Waals surface area contributed by atoms with Crippen LogP contribution in [0.3, 0.4) is 0 Å². The highest BCUT2D eigenvalue weighted by atomic mass is 19.4. The number of aliphatic hydroxyl groups is 1. The van der Waals surface area contributed by atoms with Crippen LogP contribution in [0.2, 0.25) is 0 Å². The van der Waals surface area contributed by atoms with Gasteiger partial charge in [0.05, 0.1) is 6.61 Å². The fourth-order valence-corrected chi connectivity index (χ4v) is 2.74. The number of hydrogen-bond acceptors (Lipinski definition) is 3. The van der Waals surface area contributed by atoms with Crippen molar-refractivity contribution in [1.82, 2.24) is 5.32 Å². The van der Waals surface area contributed by atoms with Gasteiger partial charge in [-0.3, -0.25) is 0 Å². The van der Waals surface area contributed by atoms with Crippen molar-refractivity contribution in [3.8, 4) is 0 Å². The first-order chi connectivity index (χ1) is 8.87. The molecule has 2 unspecified atom stereocenters. The summed E-state index contributed by atoms with van der Waals surface area (Å²) in [5, 5.41) is 12.8. The van der Waals surface area contributed by atoms with Crippen LogP contribution >= 0.6 is 0 Å². The lowest BCUT2D eigenvalue weighted by atomic mass is 9.77. The first-order valence-electron chi connectivity index (χ1n) is 6.87. The quantitative estimate of drug-likeness (QED) is 0.705. The summed E-state index contributed by atoms with van der Waals surface area (Å²) in [4.78, 5) is 0. The van der Waals surface area contributed by atoms with Crippen molar-refractivity contribution in [1.29, 1.82) is 0 Å². The Morgan fingerprint density at radius 1 is 1.42 bits per heavy atom. The Morgan fingerprint density at radius 3 is 2.74 bits per heavy atom. The lowest BCUT2D eigenvalue weighted by molar-refractivity contribution is -0.174. The van der Waals surface area contributed by atoms with E-state index in [1.807, 2.05) is 0 Å². The van der Waals surface area contributed by atoms with E-state index in [2.05, 4.69) is 17.0 Å². The van der Waals surface area contributed by atoms with Crippen LogP contribution in [0, 0.1) is 5.92 Å². The van der Waals surface area contributed by atoms with E-state index in [4.69, 9.17) is 0 Å². The van der Waals surface area contributed by atoms with Crippen molar-refractivity contribution < 1.29 is 23.0 Å². The first kappa shape index (κ1) is 16.7. The van der Waals surface area contributed by atoms with E-state index in [0.29, 0.717) is 18.9 Å². The molecule has 0 aromatic rings. The summed E-state index contributed by atoms with van der Waals surface area (Å²) in [5.41, 5.74) is -0.248. The third kappa shape index (κ3) is 6.58. The molecule has 2 N–H and O–H groups in total. The maximum Gasteiger partial charge on any atom is 0.411 e. The van der Waals surface area contributed by atoms with E-state index < -0.39 is 12.8 Å². The highest BCUT2D eigenvalue weighted by Crippen LogP contribution is 2.31. The van der Waals surface area contributed by atoms with Gasteiger partial charge in [-0.15, -0.1) is 0 Å². The van der Waals surface area contributed by atoms with E-state index in [1.165, 1.54) is 6.42 Å². The van der Waals surface area contributed by atoms with Crippen molar-refractivity contribution in [3.05, 3.63) is 0 Å². The predicted molar refractivity (Wildman–Crippen MR) is 66.9 cm³/mol. The molecular formula is C13H24F3NO2. The van der Waals surface area contributed by atoms with Crippen molar-refractivity contribution >= 4 is 0 Å². The Labute approximate surface area is 112 Å². The highest BCUT2D eigenvalue weighted by molar-refractivity contribution is 4.92. The van der Waals surface area contributed by atoms with E-state index in [-0.39, 0.29) is 18.8 Å². The number of nitrogens with one attached hydrogen (secondary N) is 1. The molecule has 1 aliphatic rings. The average Bonchev–Trinajstić information content (AvgIpc) is 2.32. The minimum atomic E-state index is -4.25. The van der Waals surface area contributed by atoms with E-state index in [1.54, 1.807) is 0 Å². The number of ether oxygens (including phenoxy) is 1. The second-order valence-corrected chi connectivity index (χ2v) is 5.59. The van der Waals surface area contributed by atoms with Gasteiger partial charge in [-0.2, -0.15) is 13.2 Å². The molecule has 0 radical (unpaired) electrons. The molecule has 6 heteroatoms. The largest absolute Gasteiger partial charge is 0.411 e. The monoisotopic (exact) mass is 283 g/mol. The maximum atomic E-state index is 11.8. The van der Waals surface area contributed by atoms with Crippen LogP contribution in [-0.2, 0) is 4.74 Å². The van der Waals surface area contributed by atoms with Gasteiger partial charge in [-0.05, 0) is 31.7 Å². The third-order valence-corrected chi connectivity index (χ3v) is 3.63. The molecule has 0 spiro atoms. The van der Waals surface area contributed by atoms with Crippen LogP contribution in [0.15, 0.2) is 0 Å². The highest BCUT2D eigenvalue weighted by Gasteiger charge is 2.33. The van der Waals surface area contributed by atoms with Gasteiger partial charge in [0.2, 0.25) is 0 Å². The molecule has 1 fully saturated rings. The van der Waals surface area contributed by atoms with E-state index in [0.717, 1.165) is 19.3 Å². The van der Waals surface area contributed by atoms with Gasteiger partial charge in [-0.1, -0.05) is 19.8 Å². The lowest BCUT2D eigenvalue weighted by Gasteiger charge is -2.39. The zero-order valence-corrected chi connectivity index (χ0v) is 11.4. The molecule has 1 rings (SSSR count). The van der Waals surface area contributed by atoms with Gasteiger partial charge >= 0.3 is 6.18 Å². The minimum absolute atomic E-state index is 0.0841. The molecule has 0 amide bonds. The summed E-state index contributed by atoms with van der Waals surface area (Å²) in [6.45, 7) is 1.72. The molecule has 3 nitrogen and oxygen atoms in total.